The maximum absolute atomic E-state index is 13.2. The Kier molecular flexibility index (Phi) is 45.2. The van der Waals surface area contributed by atoms with Crippen molar-refractivity contribution < 1.29 is 69.4 Å². The lowest BCUT2D eigenvalue weighted by molar-refractivity contribution is -0.127. The third-order valence-corrected chi connectivity index (χ3v) is 18.3. The number of rotatable bonds is 22. The standard InChI is InChI=1S/2C13H24O.C11H12F2O2.C10H10Cl2O.C10H10ClFO.C10H11ClO.C10H10F2O.C10H11FO/c1-9(2)7-11-5-6-12(8-11)13(14)10(3)4;1-9(2)8-11-6-5-7-12(11)13(14)10(3)4;1-7(2)10(14)8-3-5-9(6-4-8)15-11(12)13;1-6(2)10(13)7-3-4-8(11)9(12)5-7;1-6(2)10(13)8-4-3-7(11)5-9(8)12;1-7(2)10(12)8-3-5-9(11)6-4-8;1-6(2)10(13)8-4-3-7(11)5-9(8)12;1-7(2)10(12)8-3-5-9(11)6-4-8/h2*9-12H,5-8H2,1-4H3;3-7,11H,1-2H3;2*3-6H,1-2H3;3-7H,1-2H3;3-6H,1-2H3;3-7H,1-2H3. The van der Waals surface area contributed by atoms with E-state index in [0.717, 1.165) is 60.8 Å². The largest absolute Gasteiger partial charge is 0.435 e. The van der Waals surface area contributed by atoms with Crippen molar-refractivity contribution in [2.45, 2.75) is 196 Å². The molecule has 0 aromatic heterocycles. The van der Waals surface area contributed by atoms with Crippen LogP contribution in [0.2, 0.25) is 20.1 Å². The van der Waals surface area contributed by atoms with Gasteiger partial charge < -0.3 is 4.74 Å². The molecule has 2 aliphatic rings. The molecule has 4 unspecified atom stereocenters. The summed E-state index contributed by atoms with van der Waals surface area (Å²) in [4.78, 5) is 92.2. The lowest BCUT2D eigenvalue weighted by Gasteiger charge is -2.21. The number of hydrogen-bond donors (Lipinski definition) is 0. The zero-order valence-corrected chi connectivity index (χ0v) is 68.4. The van der Waals surface area contributed by atoms with Crippen LogP contribution in [0, 0.1) is 106 Å². The van der Waals surface area contributed by atoms with Crippen molar-refractivity contribution in [1.29, 1.82) is 0 Å². The minimum absolute atomic E-state index is 0.0152. The smallest absolute Gasteiger partial charge is 0.387 e. The number of carbonyl (C=O) groups is 8. The van der Waals surface area contributed by atoms with Gasteiger partial charge in [-0.25, -0.2) is 17.6 Å². The highest BCUT2D eigenvalue weighted by atomic mass is 35.5. The Balaban J connectivity index is 0.000000606. The topological polar surface area (TPSA) is 146 Å². The van der Waals surface area contributed by atoms with E-state index in [0.29, 0.717) is 66.1 Å². The van der Waals surface area contributed by atoms with Crippen molar-refractivity contribution in [2.75, 3.05) is 0 Å². The lowest BCUT2D eigenvalue weighted by atomic mass is 9.82. The summed E-state index contributed by atoms with van der Waals surface area (Å²) in [6.45, 7) is 35.9. The summed E-state index contributed by atoms with van der Waals surface area (Å²) in [5, 5.41) is 1.86. The molecule has 0 N–H and O–H groups in total. The van der Waals surface area contributed by atoms with Crippen LogP contribution < -0.4 is 4.74 Å². The minimum atomic E-state index is -2.84. The molecule has 2 aliphatic carbocycles. The number of ether oxygens (including phenoxy) is 1. The van der Waals surface area contributed by atoms with Gasteiger partial charge >= 0.3 is 6.61 Å². The minimum Gasteiger partial charge on any atom is -0.435 e. The highest BCUT2D eigenvalue weighted by molar-refractivity contribution is 6.42. The number of ketones is 8. The second-order valence-corrected chi connectivity index (χ2v) is 31.6. The zero-order chi connectivity index (χ0) is 81.2. The molecule has 2 fully saturated rings. The maximum atomic E-state index is 13.2. The Morgan fingerprint density at radius 3 is 1.16 bits per heavy atom. The molecule has 106 heavy (non-hydrogen) atoms. The Hall–Kier alpha value is -6.78. The van der Waals surface area contributed by atoms with E-state index in [1.807, 2.05) is 69.2 Å². The number of hydrogen-bond acceptors (Lipinski definition) is 9. The number of carbonyl (C=O) groups excluding carboxylic acids is 8. The summed E-state index contributed by atoms with van der Waals surface area (Å²) in [6.07, 6.45) is 9.83. The van der Waals surface area contributed by atoms with Crippen LogP contribution in [0.25, 0.3) is 0 Å². The molecule has 0 bridgehead atoms. The van der Waals surface area contributed by atoms with E-state index >= 15 is 0 Å². The molecule has 0 spiro atoms. The Morgan fingerprint density at radius 2 is 0.764 bits per heavy atom. The first kappa shape index (κ1) is 97.2. The van der Waals surface area contributed by atoms with Gasteiger partial charge in [-0.05, 0) is 190 Å². The second kappa shape index (κ2) is 49.3. The zero-order valence-electron chi connectivity index (χ0n) is 65.4. The van der Waals surface area contributed by atoms with Crippen molar-refractivity contribution in [3.63, 3.8) is 0 Å². The van der Waals surface area contributed by atoms with Gasteiger partial charge in [0, 0.05) is 97.5 Å². The van der Waals surface area contributed by atoms with Crippen LogP contribution in [0.1, 0.15) is 252 Å². The van der Waals surface area contributed by atoms with Gasteiger partial charge in [0.1, 0.15) is 40.6 Å². The van der Waals surface area contributed by atoms with Crippen molar-refractivity contribution in [1.82, 2.24) is 0 Å². The number of alkyl halides is 2. The average molecular weight is 1560 g/mol. The molecule has 2 saturated carbocycles. The van der Waals surface area contributed by atoms with E-state index in [1.165, 1.54) is 98.8 Å². The van der Waals surface area contributed by atoms with Gasteiger partial charge in [-0.2, -0.15) is 8.78 Å². The number of benzene rings is 6. The van der Waals surface area contributed by atoms with Crippen LogP contribution in [0.4, 0.5) is 26.3 Å². The molecule has 19 heteroatoms. The van der Waals surface area contributed by atoms with E-state index in [9.17, 15) is 64.7 Å². The highest BCUT2D eigenvalue weighted by Crippen LogP contribution is 2.39. The molecule has 4 atom stereocenters. The summed E-state index contributed by atoms with van der Waals surface area (Å²) in [5.41, 5.74) is 2.49. The first-order valence-electron chi connectivity index (χ1n) is 36.5. The summed E-state index contributed by atoms with van der Waals surface area (Å²) < 4.78 is 78.9. The summed E-state index contributed by atoms with van der Waals surface area (Å²) in [6, 6.07) is 30.3. The van der Waals surface area contributed by atoms with Crippen LogP contribution in [0.3, 0.4) is 0 Å². The van der Waals surface area contributed by atoms with Gasteiger partial charge in [0.2, 0.25) is 0 Å². The van der Waals surface area contributed by atoms with E-state index in [4.69, 9.17) is 46.4 Å². The maximum Gasteiger partial charge on any atom is 0.387 e. The monoisotopic (exact) mass is 1550 g/mol. The van der Waals surface area contributed by atoms with Gasteiger partial charge in [-0.1, -0.05) is 191 Å². The summed E-state index contributed by atoms with van der Waals surface area (Å²) in [5.74, 6) is 2.20. The van der Waals surface area contributed by atoms with E-state index in [-0.39, 0.29) is 105 Å². The van der Waals surface area contributed by atoms with Crippen LogP contribution in [-0.4, -0.2) is 52.9 Å². The first-order valence-corrected chi connectivity index (χ1v) is 38.1. The third-order valence-electron chi connectivity index (χ3n) is 17.1. The van der Waals surface area contributed by atoms with E-state index in [2.05, 4.69) is 32.4 Å². The highest BCUT2D eigenvalue weighted by Gasteiger charge is 2.34. The summed E-state index contributed by atoms with van der Waals surface area (Å²) in [7, 11) is 0. The average Bonchev–Trinajstić information content (AvgIpc) is 1.82. The molecule has 0 amide bonds. The Morgan fingerprint density at radius 1 is 0.377 bits per heavy atom. The fraction of sp³-hybridized carbons (Fsp3) is 0.494. The molecular weight excluding hydrogens is 1440 g/mol. The third kappa shape index (κ3) is 36.4. The van der Waals surface area contributed by atoms with Gasteiger partial charge in [0.25, 0.3) is 0 Å². The van der Waals surface area contributed by atoms with Gasteiger partial charge in [0.15, 0.2) is 34.7 Å². The summed E-state index contributed by atoms with van der Waals surface area (Å²) >= 11 is 22.7. The SMILES string of the molecule is CC(C)C(=O)c1ccc(Cl)c(Cl)c1.CC(C)C(=O)c1ccc(Cl)cc1.CC(C)C(=O)c1ccc(Cl)cc1F.CC(C)C(=O)c1ccc(F)cc1.CC(C)C(=O)c1ccc(F)cc1F.CC(C)C(=O)c1ccc(OC(F)F)cc1.CC(C)CC1CCC(C(=O)C(C)C)C1.CC(C)CC1CCCC1C(=O)C(C)C. The molecule has 584 valence electrons. The molecule has 8 rings (SSSR count). The van der Waals surface area contributed by atoms with Crippen LogP contribution >= 0.6 is 46.4 Å². The van der Waals surface area contributed by atoms with Crippen molar-refractivity contribution >= 4 is 92.7 Å². The fourth-order valence-electron chi connectivity index (χ4n) is 11.4. The second-order valence-electron chi connectivity index (χ2n) is 30.0. The number of halogens is 10. The molecule has 0 radical (unpaired) electrons. The molecule has 0 heterocycles. The molecular formula is C87H112Cl4F6O9. The fourth-order valence-corrected chi connectivity index (χ4v) is 12.0. The quantitative estimate of drug-likeness (QED) is 0.0479. The van der Waals surface area contributed by atoms with Gasteiger partial charge in [-0.15, -0.1) is 0 Å². The van der Waals surface area contributed by atoms with Crippen molar-refractivity contribution in [3.05, 3.63) is 204 Å². The molecule has 0 aliphatic heterocycles. The normalized spacial score (nSPS) is 15.0. The molecule has 0 saturated heterocycles. The van der Waals surface area contributed by atoms with Crippen molar-refractivity contribution in [2.24, 2.45) is 82.9 Å². The van der Waals surface area contributed by atoms with Crippen LogP contribution in [-0.2, 0) is 9.59 Å². The Bertz CT molecular complexity index is 3590. The van der Waals surface area contributed by atoms with E-state index < -0.39 is 24.1 Å². The Labute approximate surface area is 647 Å². The van der Waals surface area contributed by atoms with Crippen molar-refractivity contribution in [3.8, 4) is 5.75 Å². The van der Waals surface area contributed by atoms with Gasteiger partial charge in [-0.3, -0.25) is 38.4 Å². The van der Waals surface area contributed by atoms with Gasteiger partial charge in [0.05, 0.1) is 21.2 Å². The predicted molar refractivity (Wildman–Crippen MR) is 420 cm³/mol. The van der Waals surface area contributed by atoms with Crippen LogP contribution in [0.5, 0.6) is 5.75 Å². The first-order chi connectivity index (χ1) is 49.3. The molecule has 6 aromatic rings. The predicted octanol–water partition coefficient (Wildman–Crippen LogP) is 26.3. The molecule has 9 nitrogen and oxygen atoms in total. The number of Topliss-reactive ketones (excluding diaryl/α,β-unsaturated/α-hetero) is 8. The lowest BCUT2D eigenvalue weighted by Crippen LogP contribution is -2.24. The van der Waals surface area contributed by atoms with E-state index in [1.54, 1.807) is 84.0 Å². The molecule has 6 aromatic carbocycles. The van der Waals surface area contributed by atoms with Crippen LogP contribution in [0.15, 0.2) is 127 Å².